The number of β-amino-alcohol motifs (C(OH)–C–C–N with tert-alkyl or cyclic N) is 1. The van der Waals surface area contributed by atoms with Crippen LogP contribution in [0.15, 0.2) is 0 Å². The molecule has 0 bridgehead atoms. The van der Waals surface area contributed by atoms with Gasteiger partial charge in [-0.15, -0.1) is 0 Å². The second-order valence-corrected chi connectivity index (χ2v) is 2.89. The Balaban J connectivity index is 2.31. The minimum atomic E-state index is -0.207. The fraction of sp³-hybridized carbons (Fsp3) is 0.857. The summed E-state index contributed by atoms with van der Waals surface area (Å²) in [6.07, 6.45) is -0.207. The molecule has 1 atom stereocenters. The summed E-state index contributed by atoms with van der Waals surface area (Å²) in [6.45, 7) is 4.76. The zero-order chi connectivity index (χ0) is 7.72. The molecule has 10 heavy (non-hydrogen) atoms. The van der Waals surface area contributed by atoms with E-state index in [1.807, 2.05) is 11.8 Å². The third kappa shape index (κ3) is 1.36. The van der Waals surface area contributed by atoms with Crippen molar-refractivity contribution >= 4 is 5.78 Å². The molecule has 1 aliphatic rings. The van der Waals surface area contributed by atoms with E-state index in [0.717, 1.165) is 0 Å². The van der Waals surface area contributed by atoms with Crippen molar-refractivity contribution in [2.45, 2.75) is 26.0 Å². The molecule has 1 fully saturated rings. The number of hydrogen-bond donors (Lipinski definition) is 1. The first-order valence-corrected chi connectivity index (χ1v) is 3.54. The van der Waals surface area contributed by atoms with Gasteiger partial charge in [0.1, 0.15) is 5.78 Å². The van der Waals surface area contributed by atoms with Crippen molar-refractivity contribution in [2.24, 2.45) is 0 Å². The number of carbonyl (C=O) groups is 1. The van der Waals surface area contributed by atoms with Crippen LogP contribution in [0.1, 0.15) is 13.8 Å². The summed E-state index contributed by atoms with van der Waals surface area (Å²) in [4.78, 5) is 12.7. The molecule has 1 heterocycles. The molecule has 0 aromatic rings. The summed E-state index contributed by atoms with van der Waals surface area (Å²) < 4.78 is 0. The first-order valence-electron chi connectivity index (χ1n) is 3.54. The molecule has 1 N–H and O–H groups in total. The standard InChI is InChI=1S/C7H13NO2/c1-5(6(2)9)8-3-7(10)4-8/h5,7,10H,3-4H2,1-2H3. The molecule has 1 rings (SSSR count). The fourth-order valence-electron chi connectivity index (χ4n) is 1.06. The van der Waals surface area contributed by atoms with E-state index in [1.165, 1.54) is 0 Å². The molecule has 0 aromatic carbocycles. The van der Waals surface area contributed by atoms with Crippen LogP contribution in [0.5, 0.6) is 0 Å². The Labute approximate surface area is 60.6 Å². The van der Waals surface area contributed by atoms with Crippen LogP contribution in [0.4, 0.5) is 0 Å². The predicted molar refractivity (Wildman–Crippen MR) is 37.7 cm³/mol. The number of likely N-dealkylation sites (tertiary alicyclic amines) is 1. The van der Waals surface area contributed by atoms with E-state index >= 15 is 0 Å². The Morgan fingerprint density at radius 3 is 2.50 bits per heavy atom. The van der Waals surface area contributed by atoms with Crippen molar-refractivity contribution in [1.29, 1.82) is 0 Å². The van der Waals surface area contributed by atoms with Gasteiger partial charge in [0.05, 0.1) is 12.1 Å². The number of hydrogen-bond acceptors (Lipinski definition) is 3. The molecule has 0 saturated carbocycles. The van der Waals surface area contributed by atoms with Gasteiger partial charge in [-0.05, 0) is 13.8 Å². The van der Waals surface area contributed by atoms with Gasteiger partial charge in [-0.25, -0.2) is 0 Å². The van der Waals surface area contributed by atoms with Crippen LogP contribution in [-0.2, 0) is 4.79 Å². The lowest BCUT2D eigenvalue weighted by Gasteiger charge is -2.39. The molecule has 0 radical (unpaired) electrons. The van der Waals surface area contributed by atoms with Crippen LogP contribution < -0.4 is 0 Å². The average Bonchev–Trinajstić information content (AvgIpc) is 1.79. The largest absolute Gasteiger partial charge is 0.390 e. The normalized spacial score (nSPS) is 23.9. The lowest BCUT2D eigenvalue weighted by molar-refractivity contribution is -0.125. The molecule has 1 saturated heterocycles. The van der Waals surface area contributed by atoms with Gasteiger partial charge in [-0.3, -0.25) is 9.69 Å². The Morgan fingerprint density at radius 1 is 1.70 bits per heavy atom. The summed E-state index contributed by atoms with van der Waals surface area (Å²) in [5.74, 6) is 0.173. The highest BCUT2D eigenvalue weighted by Gasteiger charge is 2.30. The van der Waals surface area contributed by atoms with Crippen molar-refractivity contribution in [1.82, 2.24) is 4.90 Å². The van der Waals surface area contributed by atoms with Crippen LogP contribution in [0.25, 0.3) is 0 Å². The number of rotatable bonds is 2. The molecule has 58 valence electrons. The molecular formula is C7H13NO2. The van der Waals surface area contributed by atoms with E-state index in [-0.39, 0.29) is 17.9 Å². The molecule has 1 unspecified atom stereocenters. The fourth-order valence-corrected chi connectivity index (χ4v) is 1.06. The zero-order valence-corrected chi connectivity index (χ0v) is 6.37. The Hall–Kier alpha value is -0.410. The first-order chi connectivity index (χ1) is 4.61. The molecular weight excluding hydrogens is 130 g/mol. The van der Waals surface area contributed by atoms with E-state index < -0.39 is 0 Å². The van der Waals surface area contributed by atoms with Gasteiger partial charge in [0.25, 0.3) is 0 Å². The van der Waals surface area contributed by atoms with E-state index in [4.69, 9.17) is 5.11 Å². The summed E-state index contributed by atoms with van der Waals surface area (Å²) >= 11 is 0. The van der Waals surface area contributed by atoms with Gasteiger partial charge >= 0.3 is 0 Å². The maximum absolute atomic E-state index is 10.8. The van der Waals surface area contributed by atoms with Crippen LogP contribution in [0.3, 0.4) is 0 Å². The van der Waals surface area contributed by atoms with Crippen molar-refractivity contribution < 1.29 is 9.90 Å². The van der Waals surface area contributed by atoms with Crippen molar-refractivity contribution in [3.8, 4) is 0 Å². The van der Waals surface area contributed by atoms with Crippen LogP contribution >= 0.6 is 0 Å². The number of Topliss-reactive ketones (excluding diaryl/α,β-unsaturated/α-hetero) is 1. The molecule has 0 spiro atoms. The lowest BCUT2D eigenvalue weighted by Crippen LogP contribution is -2.56. The number of aliphatic hydroxyl groups excluding tert-OH is 1. The van der Waals surface area contributed by atoms with Gasteiger partial charge in [0.2, 0.25) is 0 Å². The van der Waals surface area contributed by atoms with Gasteiger partial charge in [-0.1, -0.05) is 0 Å². The topological polar surface area (TPSA) is 40.5 Å². The monoisotopic (exact) mass is 143 g/mol. The second kappa shape index (κ2) is 2.68. The van der Waals surface area contributed by atoms with Gasteiger partial charge < -0.3 is 5.11 Å². The van der Waals surface area contributed by atoms with E-state index in [9.17, 15) is 4.79 Å². The quantitative estimate of drug-likeness (QED) is 0.574. The van der Waals surface area contributed by atoms with E-state index in [0.29, 0.717) is 13.1 Å². The predicted octanol–water partition coefficient (Wildman–Crippen LogP) is -0.360. The molecule has 3 nitrogen and oxygen atoms in total. The van der Waals surface area contributed by atoms with Crippen molar-refractivity contribution in [3.05, 3.63) is 0 Å². The van der Waals surface area contributed by atoms with Crippen molar-refractivity contribution in [3.63, 3.8) is 0 Å². The minimum absolute atomic E-state index is 0.0107. The third-order valence-corrected chi connectivity index (χ3v) is 2.03. The third-order valence-electron chi connectivity index (χ3n) is 2.03. The SMILES string of the molecule is CC(=O)C(C)N1CC(O)C1. The number of nitrogens with zero attached hydrogens (tertiary/aromatic N) is 1. The van der Waals surface area contributed by atoms with Gasteiger partial charge in [0, 0.05) is 13.1 Å². The highest BCUT2D eigenvalue weighted by Crippen LogP contribution is 2.11. The van der Waals surface area contributed by atoms with E-state index in [2.05, 4.69) is 0 Å². The molecule has 0 aliphatic carbocycles. The van der Waals surface area contributed by atoms with Gasteiger partial charge in [-0.2, -0.15) is 0 Å². The van der Waals surface area contributed by atoms with Crippen LogP contribution in [0, 0.1) is 0 Å². The van der Waals surface area contributed by atoms with Crippen LogP contribution in [-0.4, -0.2) is 41.0 Å². The smallest absolute Gasteiger partial charge is 0.146 e. The summed E-state index contributed by atoms with van der Waals surface area (Å²) in [6, 6.07) is -0.0107. The average molecular weight is 143 g/mol. The molecule has 3 heteroatoms. The lowest BCUT2D eigenvalue weighted by atomic mass is 10.1. The number of aliphatic hydroxyl groups is 1. The molecule has 1 aliphatic heterocycles. The zero-order valence-electron chi connectivity index (χ0n) is 6.37. The maximum atomic E-state index is 10.8. The van der Waals surface area contributed by atoms with Crippen LogP contribution in [0.2, 0.25) is 0 Å². The van der Waals surface area contributed by atoms with E-state index in [1.54, 1.807) is 6.92 Å². The number of ketones is 1. The Morgan fingerprint density at radius 2 is 2.20 bits per heavy atom. The van der Waals surface area contributed by atoms with Crippen molar-refractivity contribution in [2.75, 3.05) is 13.1 Å². The Bertz CT molecular complexity index is 141. The molecule has 0 amide bonds. The Kier molecular flexibility index (Phi) is 2.06. The highest BCUT2D eigenvalue weighted by atomic mass is 16.3. The summed E-state index contributed by atoms with van der Waals surface area (Å²) in [5, 5.41) is 8.90. The summed E-state index contributed by atoms with van der Waals surface area (Å²) in [7, 11) is 0. The van der Waals surface area contributed by atoms with Gasteiger partial charge in [0.15, 0.2) is 0 Å². The minimum Gasteiger partial charge on any atom is -0.390 e. The summed E-state index contributed by atoms with van der Waals surface area (Å²) in [5.41, 5.74) is 0. The maximum Gasteiger partial charge on any atom is 0.146 e. The number of carbonyl (C=O) groups excluding carboxylic acids is 1. The second-order valence-electron chi connectivity index (χ2n) is 2.89. The first kappa shape index (κ1) is 7.69. The highest BCUT2D eigenvalue weighted by molar-refractivity contribution is 5.81. The molecule has 0 aromatic heterocycles.